The monoisotopic (exact) mass is 312 g/mol. The van der Waals surface area contributed by atoms with Crippen LogP contribution in [0.5, 0.6) is 0 Å². The van der Waals surface area contributed by atoms with Crippen molar-refractivity contribution >= 4 is 5.91 Å². The number of carbonyl (C=O) groups is 1. The van der Waals surface area contributed by atoms with Crippen LogP contribution in [0.1, 0.15) is 24.0 Å². The van der Waals surface area contributed by atoms with Crippen LogP contribution in [0.25, 0.3) is 0 Å². The number of rotatable bonds is 4. The number of benzene rings is 1. The van der Waals surface area contributed by atoms with Gasteiger partial charge >= 0.3 is 0 Å². The van der Waals surface area contributed by atoms with Crippen molar-refractivity contribution in [3.63, 3.8) is 0 Å². The summed E-state index contributed by atoms with van der Waals surface area (Å²) in [6, 6.07) is 10.5. The minimum absolute atomic E-state index is 0.0194. The van der Waals surface area contributed by atoms with E-state index in [9.17, 15) is 9.18 Å². The van der Waals surface area contributed by atoms with Crippen LogP contribution in [0.15, 0.2) is 48.8 Å². The molecule has 1 saturated heterocycles. The number of halogens is 1. The summed E-state index contributed by atoms with van der Waals surface area (Å²) in [6.45, 7) is 1.53. The first-order valence-electron chi connectivity index (χ1n) is 8.12. The molecule has 0 saturated carbocycles. The van der Waals surface area contributed by atoms with E-state index in [4.69, 9.17) is 0 Å². The van der Waals surface area contributed by atoms with Crippen LogP contribution in [0.2, 0.25) is 0 Å². The molecule has 1 aromatic heterocycles. The molecule has 23 heavy (non-hydrogen) atoms. The van der Waals surface area contributed by atoms with Crippen LogP contribution in [0.4, 0.5) is 4.39 Å². The largest absolute Gasteiger partial charge is 0.342 e. The molecule has 1 unspecified atom stereocenters. The summed E-state index contributed by atoms with van der Waals surface area (Å²) in [5, 5.41) is 0. The normalized spacial score (nSPS) is 18.0. The van der Waals surface area contributed by atoms with Crippen molar-refractivity contribution in [2.24, 2.45) is 5.92 Å². The van der Waals surface area contributed by atoms with Crippen LogP contribution < -0.4 is 0 Å². The lowest BCUT2D eigenvalue weighted by atomic mass is 9.91. The summed E-state index contributed by atoms with van der Waals surface area (Å²) in [4.78, 5) is 18.5. The van der Waals surface area contributed by atoms with Crippen LogP contribution in [0.3, 0.4) is 0 Å². The second-order valence-electron chi connectivity index (χ2n) is 6.18. The van der Waals surface area contributed by atoms with Gasteiger partial charge in [0, 0.05) is 25.5 Å². The SMILES string of the molecule is O=C(Cc1ccccc1F)N1CCCC(Cc2cccnc2)C1. The van der Waals surface area contributed by atoms with E-state index in [2.05, 4.69) is 11.1 Å². The highest BCUT2D eigenvalue weighted by atomic mass is 19.1. The van der Waals surface area contributed by atoms with Crippen LogP contribution in [-0.2, 0) is 17.6 Å². The molecule has 0 radical (unpaired) electrons. The maximum Gasteiger partial charge on any atom is 0.227 e. The standard InChI is InChI=1S/C19H21FN2O/c20-18-8-2-1-7-17(18)12-19(23)22-10-4-6-16(14-22)11-15-5-3-9-21-13-15/h1-3,5,7-9,13,16H,4,6,10-12,14H2. The molecule has 1 aliphatic rings. The molecule has 1 fully saturated rings. The second-order valence-corrected chi connectivity index (χ2v) is 6.18. The Kier molecular flexibility index (Phi) is 5.01. The maximum atomic E-state index is 13.7. The Morgan fingerprint density at radius 3 is 2.91 bits per heavy atom. The molecule has 1 atom stereocenters. The lowest BCUT2D eigenvalue weighted by Crippen LogP contribution is -2.41. The third kappa shape index (κ3) is 4.15. The number of hydrogen-bond donors (Lipinski definition) is 0. The van der Waals surface area contributed by atoms with Gasteiger partial charge < -0.3 is 4.90 Å². The first-order chi connectivity index (χ1) is 11.2. The smallest absolute Gasteiger partial charge is 0.227 e. The molecule has 2 heterocycles. The van der Waals surface area contributed by atoms with Crippen molar-refractivity contribution < 1.29 is 9.18 Å². The Labute approximate surface area is 136 Å². The van der Waals surface area contributed by atoms with Gasteiger partial charge in [0.1, 0.15) is 5.82 Å². The van der Waals surface area contributed by atoms with E-state index < -0.39 is 0 Å². The number of amides is 1. The highest BCUT2D eigenvalue weighted by molar-refractivity contribution is 5.78. The van der Waals surface area contributed by atoms with E-state index >= 15 is 0 Å². The molecule has 1 aliphatic heterocycles. The number of piperidine rings is 1. The Morgan fingerprint density at radius 2 is 2.13 bits per heavy atom. The first kappa shape index (κ1) is 15.7. The molecule has 3 rings (SSSR count). The van der Waals surface area contributed by atoms with Gasteiger partial charge in [-0.15, -0.1) is 0 Å². The first-order valence-corrected chi connectivity index (χ1v) is 8.12. The molecule has 0 bridgehead atoms. The van der Waals surface area contributed by atoms with Crippen molar-refractivity contribution in [2.75, 3.05) is 13.1 Å². The number of likely N-dealkylation sites (tertiary alicyclic amines) is 1. The van der Waals surface area contributed by atoms with Crippen molar-refractivity contribution in [2.45, 2.75) is 25.7 Å². The molecule has 0 N–H and O–H groups in total. The van der Waals surface area contributed by atoms with E-state index in [0.29, 0.717) is 11.5 Å². The molecule has 4 heteroatoms. The van der Waals surface area contributed by atoms with Crippen LogP contribution in [0, 0.1) is 11.7 Å². The third-order valence-electron chi connectivity index (χ3n) is 4.42. The molecule has 0 spiro atoms. The Hall–Kier alpha value is -2.23. The topological polar surface area (TPSA) is 33.2 Å². The van der Waals surface area contributed by atoms with Crippen LogP contribution in [-0.4, -0.2) is 28.9 Å². The average Bonchev–Trinajstić information content (AvgIpc) is 2.58. The van der Waals surface area contributed by atoms with Gasteiger partial charge in [0.2, 0.25) is 5.91 Å². The van der Waals surface area contributed by atoms with E-state index in [0.717, 1.165) is 32.4 Å². The van der Waals surface area contributed by atoms with Gasteiger partial charge in [-0.25, -0.2) is 4.39 Å². The number of hydrogen-bond acceptors (Lipinski definition) is 2. The zero-order chi connectivity index (χ0) is 16.1. The Balaban J connectivity index is 1.59. The van der Waals surface area contributed by atoms with Gasteiger partial charge in [-0.1, -0.05) is 24.3 Å². The predicted molar refractivity (Wildman–Crippen MR) is 87.3 cm³/mol. The maximum absolute atomic E-state index is 13.7. The number of nitrogens with zero attached hydrogens (tertiary/aromatic N) is 2. The fourth-order valence-corrected chi connectivity index (χ4v) is 3.23. The van der Waals surface area contributed by atoms with Crippen molar-refractivity contribution in [3.05, 3.63) is 65.7 Å². The molecule has 120 valence electrons. The zero-order valence-electron chi connectivity index (χ0n) is 13.1. The Bertz CT molecular complexity index is 659. The summed E-state index contributed by atoms with van der Waals surface area (Å²) >= 11 is 0. The lowest BCUT2D eigenvalue weighted by molar-refractivity contribution is -0.132. The number of aromatic nitrogens is 1. The summed E-state index contributed by atoms with van der Waals surface area (Å²) in [7, 11) is 0. The summed E-state index contributed by atoms with van der Waals surface area (Å²) < 4.78 is 13.7. The van der Waals surface area contributed by atoms with Crippen molar-refractivity contribution in [3.8, 4) is 0 Å². The van der Waals surface area contributed by atoms with Gasteiger partial charge in [-0.05, 0) is 48.4 Å². The molecular formula is C19H21FN2O. The van der Waals surface area contributed by atoms with Gasteiger partial charge in [-0.3, -0.25) is 9.78 Å². The molecule has 1 aromatic carbocycles. The summed E-state index contributed by atoms with van der Waals surface area (Å²) in [5.41, 5.74) is 1.69. The average molecular weight is 312 g/mol. The predicted octanol–water partition coefficient (Wildman–Crippen LogP) is 3.24. The number of carbonyl (C=O) groups excluding carboxylic acids is 1. The van der Waals surface area contributed by atoms with Gasteiger partial charge in [0.05, 0.1) is 6.42 Å². The minimum Gasteiger partial charge on any atom is -0.342 e. The third-order valence-corrected chi connectivity index (χ3v) is 4.42. The zero-order valence-corrected chi connectivity index (χ0v) is 13.1. The van der Waals surface area contributed by atoms with E-state index in [-0.39, 0.29) is 18.1 Å². The fourth-order valence-electron chi connectivity index (χ4n) is 3.23. The van der Waals surface area contributed by atoms with E-state index in [1.165, 1.54) is 11.6 Å². The molecular weight excluding hydrogens is 291 g/mol. The lowest BCUT2D eigenvalue weighted by Gasteiger charge is -2.33. The summed E-state index contributed by atoms with van der Waals surface area (Å²) in [5.74, 6) is 0.174. The molecule has 3 nitrogen and oxygen atoms in total. The van der Waals surface area contributed by atoms with Gasteiger partial charge in [0.15, 0.2) is 0 Å². The molecule has 1 amide bonds. The number of pyridine rings is 1. The van der Waals surface area contributed by atoms with Gasteiger partial charge in [0.25, 0.3) is 0 Å². The highest BCUT2D eigenvalue weighted by Crippen LogP contribution is 2.21. The molecule has 0 aliphatic carbocycles. The van der Waals surface area contributed by atoms with Gasteiger partial charge in [-0.2, -0.15) is 0 Å². The quantitative estimate of drug-likeness (QED) is 0.868. The van der Waals surface area contributed by atoms with Crippen molar-refractivity contribution in [1.82, 2.24) is 9.88 Å². The highest BCUT2D eigenvalue weighted by Gasteiger charge is 2.24. The summed E-state index contributed by atoms with van der Waals surface area (Å²) in [6.07, 6.45) is 6.88. The fraction of sp³-hybridized carbons (Fsp3) is 0.368. The minimum atomic E-state index is -0.301. The molecule has 2 aromatic rings. The van der Waals surface area contributed by atoms with E-state index in [1.807, 2.05) is 17.2 Å². The van der Waals surface area contributed by atoms with Crippen molar-refractivity contribution in [1.29, 1.82) is 0 Å². The van der Waals surface area contributed by atoms with E-state index in [1.54, 1.807) is 24.4 Å². The Morgan fingerprint density at radius 1 is 1.26 bits per heavy atom. The second kappa shape index (κ2) is 7.36. The van der Waals surface area contributed by atoms with Crippen LogP contribution >= 0.6 is 0 Å².